The molecule has 2 rings (SSSR count). The zero-order valence-corrected chi connectivity index (χ0v) is 7.47. The van der Waals surface area contributed by atoms with Crippen molar-refractivity contribution in [2.45, 2.75) is 5.92 Å². The monoisotopic (exact) mass is 194 g/mol. The Kier molecular flexibility index (Phi) is 2.47. The molecule has 14 heavy (non-hydrogen) atoms. The van der Waals surface area contributed by atoms with Gasteiger partial charge in [-0.3, -0.25) is 0 Å². The van der Waals surface area contributed by atoms with Crippen LogP contribution < -0.4 is 0 Å². The Bertz CT molecular complexity index is 342. The molecule has 1 heterocycles. The third-order valence-corrected chi connectivity index (χ3v) is 2.25. The second kappa shape index (κ2) is 3.77. The molecule has 0 aromatic heterocycles. The summed E-state index contributed by atoms with van der Waals surface area (Å²) in [6, 6.07) is 6.92. The van der Waals surface area contributed by atoms with Crippen molar-refractivity contribution in [1.82, 2.24) is 0 Å². The highest BCUT2D eigenvalue weighted by atomic mass is 17.2. The highest BCUT2D eigenvalue weighted by Gasteiger charge is 2.23. The minimum atomic E-state index is -0.910. The lowest BCUT2D eigenvalue weighted by molar-refractivity contribution is -0.248. The standard InChI is InChI=1S/C10H10O4/c11-10(12)9-4-2-1-3-8(9)7-5-13-14-6-7/h1-4,7H,5-6H2,(H,11,12). The third kappa shape index (κ3) is 1.62. The van der Waals surface area contributed by atoms with Crippen LogP contribution in [0.3, 0.4) is 0 Å². The quantitative estimate of drug-likeness (QED) is 0.723. The summed E-state index contributed by atoms with van der Waals surface area (Å²) in [5.41, 5.74) is 1.10. The second-order valence-corrected chi connectivity index (χ2v) is 3.16. The van der Waals surface area contributed by atoms with Crippen LogP contribution in [0.25, 0.3) is 0 Å². The highest BCUT2D eigenvalue weighted by Crippen LogP contribution is 2.24. The molecule has 74 valence electrons. The molecular formula is C10H10O4. The first-order valence-corrected chi connectivity index (χ1v) is 4.35. The van der Waals surface area contributed by atoms with Crippen molar-refractivity contribution in [2.75, 3.05) is 13.2 Å². The third-order valence-electron chi connectivity index (χ3n) is 2.25. The summed E-state index contributed by atoms with van der Waals surface area (Å²) in [4.78, 5) is 20.4. The maximum absolute atomic E-state index is 10.9. The molecule has 0 saturated carbocycles. The zero-order chi connectivity index (χ0) is 9.97. The van der Waals surface area contributed by atoms with Gasteiger partial charge in [0.2, 0.25) is 0 Å². The molecule has 0 amide bonds. The Morgan fingerprint density at radius 3 is 2.57 bits per heavy atom. The van der Waals surface area contributed by atoms with Crippen molar-refractivity contribution in [3.05, 3.63) is 35.4 Å². The van der Waals surface area contributed by atoms with Gasteiger partial charge in [0.15, 0.2) is 0 Å². The zero-order valence-electron chi connectivity index (χ0n) is 7.47. The van der Waals surface area contributed by atoms with E-state index in [1.54, 1.807) is 18.2 Å². The first kappa shape index (κ1) is 9.18. The minimum absolute atomic E-state index is 0.0299. The number of carboxylic acids is 1. The van der Waals surface area contributed by atoms with Gasteiger partial charge in [0.05, 0.1) is 18.8 Å². The van der Waals surface area contributed by atoms with Crippen LogP contribution in [-0.2, 0) is 9.78 Å². The summed E-state index contributed by atoms with van der Waals surface area (Å²) in [6.45, 7) is 0.842. The summed E-state index contributed by atoms with van der Waals surface area (Å²) in [5.74, 6) is -0.880. The molecule has 0 spiro atoms. The Hall–Kier alpha value is -1.39. The Labute approximate surface area is 81.0 Å². The van der Waals surface area contributed by atoms with E-state index >= 15 is 0 Å². The van der Waals surface area contributed by atoms with Gasteiger partial charge in [-0.05, 0) is 11.6 Å². The van der Waals surface area contributed by atoms with Gasteiger partial charge in [0, 0.05) is 5.92 Å². The van der Waals surface area contributed by atoms with Crippen LogP contribution >= 0.6 is 0 Å². The van der Waals surface area contributed by atoms with Gasteiger partial charge in [-0.2, -0.15) is 0 Å². The van der Waals surface area contributed by atoms with Crippen LogP contribution in [0.15, 0.2) is 24.3 Å². The minimum Gasteiger partial charge on any atom is -0.478 e. The second-order valence-electron chi connectivity index (χ2n) is 3.16. The van der Waals surface area contributed by atoms with Crippen molar-refractivity contribution < 1.29 is 19.7 Å². The highest BCUT2D eigenvalue weighted by molar-refractivity contribution is 5.89. The maximum atomic E-state index is 10.9. The van der Waals surface area contributed by atoms with E-state index in [1.807, 2.05) is 6.07 Å². The molecular weight excluding hydrogens is 184 g/mol. The Morgan fingerprint density at radius 1 is 1.29 bits per heavy atom. The van der Waals surface area contributed by atoms with Gasteiger partial charge >= 0.3 is 5.97 Å². The smallest absolute Gasteiger partial charge is 0.335 e. The van der Waals surface area contributed by atoms with Crippen LogP contribution in [0, 0.1) is 0 Å². The van der Waals surface area contributed by atoms with E-state index in [2.05, 4.69) is 0 Å². The van der Waals surface area contributed by atoms with E-state index in [0.717, 1.165) is 5.56 Å². The Morgan fingerprint density at radius 2 is 1.93 bits per heavy atom. The molecule has 1 aliphatic rings. The lowest BCUT2D eigenvalue weighted by Crippen LogP contribution is -2.09. The van der Waals surface area contributed by atoms with E-state index in [0.29, 0.717) is 18.8 Å². The van der Waals surface area contributed by atoms with Crippen molar-refractivity contribution in [3.8, 4) is 0 Å². The van der Waals surface area contributed by atoms with Gasteiger partial charge in [0.1, 0.15) is 0 Å². The van der Waals surface area contributed by atoms with Crippen LogP contribution in [0.4, 0.5) is 0 Å². The maximum Gasteiger partial charge on any atom is 0.335 e. The van der Waals surface area contributed by atoms with Crippen LogP contribution in [0.2, 0.25) is 0 Å². The van der Waals surface area contributed by atoms with Gasteiger partial charge in [-0.25, -0.2) is 14.6 Å². The molecule has 1 N–H and O–H groups in total. The van der Waals surface area contributed by atoms with Gasteiger partial charge < -0.3 is 5.11 Å². The normalized spacial score (nSPS) is 17.1. The summed E-state index contributed by atoms with van der Waals surface area (Å²) in [6.07, 6.45) is 0. The summed E-state index contributed by atoms with van der Waals surface area (Å²) < 4.78 is 0. The number of hydrogen-bond acceptors (Lipinski definition) is 3. The average Bonchev–Trinajstić information content (AvgIpc) is 2.70. The SMILES string of the molecule is O=C(O)c1ccccc1C1COOC1. The summed E-state index contributed by atoms with van der Waals surface area (Å²) in [5, 5.41) is 8.94. The van der Waals surface area contributed by atoms with E-state index in [1.165, 1.54) is 0 Å². The number of rotatable bonds is 2. The fourth-order valence-electron chi connectivity index (χ4n) is 1.54. The first-order valence-electron chi connectivity index (χ1n) is 4.35. The number of carboxylic acid groups (broad SMARTS) is 1. The summed E-state index contributed by atoms with van der Waals surface area (Å²) in [7, 11) is 0. The van der Waals surface area contributed by atoms with Gasteiger partial charge in [-0.15, -0.1) is 0 Å². The van der Waals surface area contributed by atoms with Gasteiger partial charge in [-0.1, -0.05) is 18.2 Å². The number of aromatic carboxylic acids is 1. The number of carbonyl (C=O) groups is 1. The molecule has 0 bridgehead atoms. The fourth-order valence-corrected chi connectivity index (χ4v) is 1.54. The molecule has 0 unspecified atom stereocenters. The topological polar surface area (TPSA) is 55.8 Å². The Balaban J connectivity index is 2.35. The predicted octanol–water partition coefficient (Wildman–Crippen LogP) is 1.43. The largest absolute Gasteiger partial charge is 0.478 e. The van der Waals surface area contributed by atoms with E-state index in [4.69, 9.17) is 14.9 Å². The lowest BCUT2D eigenvalue weighted by Gasteiger charge is -2.08. The molecule has 1 aromatic carbocycles. The van der Waals surface area contributed by atoms with E-state index in [-0.39, 0.29) is 5.92 Å². The lowest BCUT2D eigenvalue weighted by atomic mass is 9.96. The molecule has 1 aromatic rings. The van der Waals surface area contributed by atoms with Crippen LogP contribution in [0.1, 0.15) is 21.8 Å². The van der Waals surface area contributed by atoms with Crippen molar-refractivity contribution in [2.24, 2.45) is 0 Å². The molecule has 1 aliphatic heterocycles. The van der Waals surface area contributed by atoms with Crippen LogP contribution in [-0.4, -0.2) is 24.3 Å². The molecule has 4 nitrogen and oxygen atoms in total. The first-order chi connectivity index (χ1) is 6.79. The average molecular weight is 194 g/mol. The predicted molar refractivity (Wildman–Crippen MR) is 48.0 cm³/mol. The summed E-state index contributed by atoms with van der Waals surface area (Å²) >= 11 is 0. The van der Waals surface area contributed by atoms with Crippen molar-refractivity contribution >= 4 is 5.97 Å². The van der Waals surface area contributed by atoms with E-state index < -0.39 is 5.97 Å². The molecule has 4 heteroatoms. The number of benzene rings is 1. The van der Waals surface area contributed by atoms with Gasteiger partial charge in [0.25, 0.3) is 0 Å². The molecule has 0 radical (unpaired) electrons. The van der Waals surface area contributed by atoms with E-state index in [9.17, 15) is 4.79 Å². The van der Waals surface area contributed by atoms with Crippen molar-refractivity contribution in [1.29, 1.82) is 0 Å². The van der Waals surface area contributed by atoms with Crippen LogP contribution in [0.5, 0.6) is 0 Å². The van der Waals surface area contributed by atoms with Crippen molar-refractivity contribution in [3.63, 3.8) is 0 Å². The molecule has 0 aliphatic carbocycles. The molecule has 0 atom stereocenters. The number of hydrogen-bond donors (Lipinski definition) is 1. The molecule has 1 fully saturated rings. The molecule has 1 saturated heterocycles. The fraction of sp³-hybridized carbons (Fsp3) is 0.300.